The van der Waals surface area contributed by atoms with Crippen molar-refractivity contribution in [2.24, 2.45) is 11.8 Å². The van der Waals surface area contributed by atoms with Crippen LogP contribution in [0.3, 0.4) is 0 Å². The third kappa shape index (κ3) is 3.13. The molecule has 0 unspecified atom stereocenters. The van der Waals surface area contributed by atoms with E-state index in [1.807, 2.05) is 29.9 Å². The van der Waals surface area contributed by atoms with Crippen molar-refractivity contribution < 1.29 is 4.79 Å². The van der Waals surface area contributed by atoms with Gasteiger partial charge in [-0.3, -0.25) is 9.48 Å². The Labute approximate surface area is 156 Å². The summed E-state index contributed by atoms with van der Waals surface area (Å²) in [7, 11) is 0. The molecule has 2 aliphatic rings. The van der Waals surface area contributed by atoms with E-state index in [0.717, 1.165) is 49.7 Å². The summed E-state index contributed by atoms with van der Waals surface area (Å²) in [5.41, 5.74) is 2.05. The van der Waals surface area contributed by atoms with Gasteiger partial charge in [0.05, 0.1) is 12.2 Å². The number of aryl methyl sites for hydroxylation is 1. The van der Waals surface area contributed by atoms with Gasteiger partial charge in [0.2, 0.25) is 5.91 Å². The summed E-state index contributed by atoms with van der Waals surface area (Å²) < 4.78 is 3.82. The summed E-state index contributed by atoms with van der Waals surface area (Å²) >= 11 is 0. The van der Waals surface area contributed by atoms with E-state index in [0.29, 0.717) is 12.3 Å². The molecule has 1 atom stereocenters. The Kier molecular flexibility index (Phi) is 3.80. The molecule has 140 valence electrons. The number of carbonyl (C=O) groups is 1. The Hall–Kier alpha value is -2.97. The number of carbonyl (C=O) groups excluding carboxylic acids is 1. The Balaban J connectivity index is 1.45. The molecule has 0 saturated heterocycles. The molecule has 1 saturated carbocycles. The molecule has 9 nitrogen and oxygen atoms in total. The Morgan fingerprint density at radius 1 is 1.30 bits per heavy atom. The molecule has 3 aromatic heterocycles. The van der Waals surface area contributed by atoms with Gasteiger partial charge in [-0.1, -0.05) is 0 Å². The molecule has 1 fully saturated rings. The fourth-order valence-electron chi connectivity index (χ4n) is 3.71. The summed E-state index contributed by atoms with van der Waals surface area (Å²) in [6, 6.07) is 4.08. The van der Waals surface area contributed by atoms with Crippen LogP contribution in [0.2, 0.25) is 0 Å². The molecule has 1 aliphatic carbocycles. The first kappa shape index (κ1) is 16.2. The molecule has 3 aromatic rings. The predicted octanol–water partition coefficient (Wildman–Crippen LogP) is 0.792. The molecule has 1 amide bonds. The van der Waals surface area contributed by atoms with Crippen molar-refractivity contribution in [2.75, 3.05) is 18.0 Å². The van der Waals surface area contributed by atoms with Crippen LogP contribution in [0.15, 0.2) is 24.7 Å². The topological polar surface area (TPSA) is 93.2 Å². The summed E-state index contributed by atoms with van der Waals surface area (Å²) in [6.45, 7) is 4.93. The highest BCUT2D eigenvalue weighted by molar-refractivity contribution is 5.80. The van der Waals surface area contributed by atoms with Crippen molar-refractivity contribution in [1.82, 2.24) is 34.7 Å². The molecule has 0 spiro atoms. The normalized spacial score (nSPS) is 19.7. The first-order chi connectivity index (χ1) is 13.2. The minimum Gasteiger partial charge on any atom is -0.355 e. The van der Waals surface area contributed by atoms with E-state index in [-0.39, 0.29) is 17.7 Å². The number of hydrogen-bond acceptors (Lipinski definition) is 6. The fraction of sp³-hybridized carbons (Fsp3) is 0.500. The van der Waals surface area contributed by atoms with Gasteiger partial charge in [-0.15, -0.1) is 0 Å². The molecule has 0 bridgehead atoms. The predicted molar refractivity (Wildman–Crippen MR) is 98.0 cm³/mol. The molecule has 1 aliphatic heterocycles. The quantitative estimate of drug-likeness (QED) is 0.734. The molecule has 5 rings (SSSR count). The summed E-state index contributed by atoms with van der Waals surface area (Å²) in [4.78, 5) is 23.0. The molecular weight excluding hydrogens is 344 g/mol. The Morgan fingerprint density at radius 3 is 3.04 bits per heavy atom. The zero-order valence-corrected chi connectivity index (χ0v) is 15.2. The summed E-state index contributed by atoms with van der Waals surface area (Å²) in [6.07, 6.45) is 5.40. The number of amides is 1. The van der Waals surface area contributed by atoms with Crippen molar-refractivity contribution in [3.8, 4) is 0 Å². The minimum atomic E-state index is 0.185. The second-order valence-corrected chi connectivity index (χ2v) is 7.50. The van der Waals surface area contributed by atoms with Crippen molar-refractivity contribution >= 4 is 17.5 Å². The highest BCUT2D eigenvalue weighted by Gasteiger charge is 2.31. The van der Waals surface area contributed by atoms with Crippen LogP contribution in [0.4, 0.5) is 5.82 Å². The third-order valence-corrected chi connectivity index (χ3v) is 5.27. The van der Waals surface area contributed by atoms with E-state index in [2.05, 4.69) is 30.4 Å². The van der Waals surface area contributed by atoms with Crippen LogP contribution in [0.25, 0.3) is 5.78 Å². The lowest BCUT2D eigenvalue weighted by molar-refractivity contribution is -0.122. The Morgan fingerprint density at radius 2 is 2.19 bits per heavy atom. The SMILES string of the molecule is Cc1cc(N2Cc3ccnn3C[C@@H](CNC(=O)C3CC3)C2)n2ncnc2n1. The van der Waals surface area contributed by atoms with Gasteiger partial charge in [-0.05, 0) is 25.8 Å². The van der Waals surface area contributed by atoms with Crippen LogP contribution in [-0.2, 0) is 17.9 Å². The first-order valence-electron chi connectivity index (χ1n) is 9.38. The number of anilines is 1. The highest BCUT2D eigenvalue weighted by atomic mass is 16.2. The lowest BCUT2D eigenvalue weighted by atomic mass is 10.1. The zero-order chi connectivity index (χ0) is 18.4. The maximum Gasteiger partial charge on any atom is 0.254 e. The Bertz CT molecular complexity index is 988. The van der Waals surface area contributed by atoms with E-state index >= 15 is 0 Å². The van der Waals surface area contributed by atoms with E-state index in [1.165, 1.54) is 6.33 Å². The van der Waals surface area contributed by atoms with Crippen LogP contribution < -0.4 is 10.2 Å². The van der Waals surface area contributed by atoms with Gasteiger partial charge >= 0.3 is 0 Å². The van der Waals surface area contributed by atoms with Gasteiger partial charge in [0, 0.05) is 49.4 Å². The lowest BCUT2D eigenvalue weighted by Gasteiger charge is -2.26. The number of aromatic nitrogens is 6. The lowest BCUT2D eigenvalue weighted by Crippen LogP contribution is -2.37. The van der Waals surface area contributed by atoms with E-state index in [4.69, 9.17) is 0 Å². The van der Waals surface area contributed by atoms with Crippen molar-refractivity contribution in [3.05, 3.63) is 36.0 Å². The molecule has 1 N–H and O–H groups in total. The van der Waals surface area contributed by atoms with Gasteiger partial charge in [0.25, 0.3) is 5.78 Å². The second kappa shape index (κ2) is 6.33. The van der Waals surface area contributed by atoms with E-state index < -0.39 is 0 Å². The van der Waals surface area contributed by atoms with Crippen LogP contribution in [0, 0.1) is 18.8 Å². The number of hydrogen-bond donors (Lipinski definition) is 1. The molecule has 9 heteroatoms. The van der Waals surface area contributed by atoms with Gasteiger partial charge in [-0.25, -0.2) is 4.98 Å². The minimum absolute atomic E-state index is 0.185. The molecular formula is C18H22N8O. The fourth-order valence-corrected chi connectivity index (χ4v) is 3.71. The van der Waals surface area contributed by atoms with E-state index in [9.17, 15) is 4.79 Å². The summed E-state index contributed by atoms with van der Waals surface area (Å²) in [5, 5.41) is 11.9. The van der Waals surface area contributed by atoms with Crippen molar-refractivity contribution in [2.45, 2.75) is 32.9 Å². The maximum atomic E-state index is 12.1. The van der Waals surface area contributed by atoms with Gasteiger partial charge in [0.15, 0.2) is 0 Å². The van der Waals surface area contributed by atoms with Crippen molar-refractivity contribution in [3.63, 3.8) is 0 Å². The van der Waals surface area contributed by atoms with Crippen LogP contribution in [0.1, 0.15) is 24.2 Å². The van der Waals surface area contributed by atoms with E-state index in [1.54, 1.807) is 4.52 Å². The monoisotopic (exact) mass is 366 g/mol. The molecule has 4 heterocycles. The largest absolute Gasteiger partial charge is 0.355 e. The molecule has 27 heavy (non-hydrogen) atoms. The van der Waals surface area contributed by atoms with Crippen LogP contribution >= 0.6 is 0 Å². The average molecular weight is 366 g/mol. The van der Waals surface area contributed by atoms with Gasteiger partial charge < -0.3 is 10.2 Å². The molecule has 0 aromatic carbocycles. The van der Waals surface area contributed by atoms with Crippen molar-refractivity contribution in [1.29, 1.82) is 0 Å². The van der Waals surface area contributed by atoms with Crippen LogP contribution in [-0.4, -0.2) is 48.4 Å². The number of fused-ring (bicyclic) bond motifs is 2. The van der Waals surface area contributed by atoms with Crippen LogP contribution in [0.5, 0.6) is 0 Å². The second-order valence-electron chi connectivity index (χ2n) is 7.50. The number of rotatable bonds is 4. The molecule has 0 radical (unpaired) electrons. The third-order valence-electron chi connectivity index (χ3n) is 5.27. The average Bonchev–Trinajstić information content (AvgIpc) is 3.31. The van der Waals surface area contributed by atoms with Gasteiger partial charge in [-0.2, -0.15) is 19.7 Å². The number of nitrogens with one attached hydrogen (secondary N) is 1. The smallest absolute Gasteiger partial charge is 0.254 e. The maximum absolute atomic E-state index is 12.1. The number of nitrogens with zero attached hydrogens (tertiary/aromatic N) is 7. The zero-order valence-electron chi connectivity index (χ0n) is 15.2. The first-order valence-corrected chi connectivity index (χ1v) is 9.38. The van der Waals surface area contributed by atoms with Gasteiger partial charge in [0.1, 0.15) is 12.1 Å². The standard InChI is InChI=1S/C18H22N8O/c1-12-6-16(26-18(23-12)20-11-22-26)24-8-13(7-19-17(27)14-2-3-14)9-25-15(10-24)4-5-21-25/h4-6,11,13-14H,2-3,7-10H2,1H3,(H,19,27)/t13-/m0/s1. The highest BCUT2D eigenvalue weighted by Crippen LogP contribution is 2.29. The summed E-state index contributed by atoms with van der Waals surface area (Å²) in [5.74, 6) is 2.22.